The zero-order valence-electron chi connectivity index (χ0n) is 12.3. The highest BCUT2D eigenvalue weighted by Crippen LogP contribution is 2.12. The van der Waals surface area contributed by atoms with E-state index in [-0.39, 0.29) is 5.54 Å². The van der Waals surface area contributed by atoms with Gasteiger partial charge in [0.15, 0.2) is 0 Å². The van der Waals surface area contributed by atoms with Gasteiger partial charge in [-0.3, -0.25) is 0 Å². The SMILES string of the molecule is Cc1cccc(OCCCCCNC(C)(C)C)c1. The van der Waals surface area contributed by atoms with Crippen molar-refractivity contribution in [2.24, 2.45) is 0 Å². The van der Waals surface area contributed by atoms with Gasteiger partial charge in [-0.05, 0) is 71.2 Å². The third kappa shape index (κ3) is 7.33. The van der Waals surface area contributed by atoms with Crippen LogP contribution >= 0.6 is 0 Å². The van der Waals surface area contributed by atoms with Gasteiger partial charge in [-0.25, -0.2) is 0 Å². The number of hydrogen-bond donors (Lipinski definition) is 1. The van der Waals surface area contributed by atoms with E-state index in [1.807, 2.05) is 12.1 Å². The molecule has 1 aromatic rings. The maximum Gasteiger partial charge on any atom is 0.119 e. The minimum atomic E-state index is 0.234. The quantitative estimate of drug-likeness (QED) is 0.739. The number of nitrogens with one attached hydrogen (secondary N) is 1. The molecular weight excluding hydrogens is 222 g/mol. The first-order valence-corrected chi connectivity index (χ1v) is 6.92. The van der Waals surface area contributed by atoms with Crippen molar-refractivity contribution in [1.29, 1.82) is 0 Å². The molecule has 0 fully saturated rings. The first-order valence-electron chi connectivity index (χ1n) is 6.92. The number of ether oxygens (including phenoxy) is 1. The maximum atomic E-state index is 5.71. The molecule has 0 unspecified atom stereocenters. The van der Waals surface area contributed by atoms with Crippen molar-refractivity contribution < 1.29 is 4.74 Å². The molecule has 0 atom stereocenters. The molecule has 102 valence electrons. The third-order valence-corrected chi connectivity index (χ3v) is 2.73. The number of aryl methyl sites for hydroxylation is 1. The van der Waals surface area contributed by atoms with Crippen LogP contribution in [0, 0.1) is 6.92 Å². The molecule has 0 spiro atoms. The second-order valence-corrected chi connectivity index (χ2v) is 5.90. The molecule has 18 heavy (non-hydrogen) atoms. The molecule has 0 aromatic heterocycles. The zero-order chi connectivity index (χ0) is 13.4. The van der Waals surface area contributed by atoms with Crippen molar-refractivity contribution in [3.8, 4) is 5.75 Å². The van der Waals surface area contributed by atoms with E-state index in [0.29, 0.717) is 0 Å². The van der Waals surface area contributed by atoms with Gasteiger partial charge >= 0.3 is 0 Å². The van der Waals surface area contributed by atoms with Gasteiger partial charge in [0.1, 0.15) is 5.75 Å². The van der Waals surface area contributed by atoms with Gasteiger partial charge in [0.05, 0.1) is 6.61 Å². The minimum absolute atomic E-state index is 0.234. The second-order valence-electron chi connectivity index (χ2n) is 5.90. The summed E-state index contributed by atoms with van der Waals surface area (Å²) in [4.78, 5) is 0. The van der Waals surface area contributed by atoms with Crippen LogP contribution < -0.4 is 10.1 Å². The Labute approximate surface area is 112 Å². The Hall–Kier alpha value is -1.02. The minimum Gasteiger partial charge on any atom is -0.494 e. The van der Waals surface area contributed by atoms with Crippen molar-refractivity contribution in [2.75, 3.05) is 13.2 Å². The van der Waals surface area contributed by atoms with E-state index in [1.165, 1.54) is 18.4 Å². The molecule has 1 aromatic carbocycles. The van der Waals surface area contributed by atoms with Gasteiger partial charge in [0, 0.05) is 5.54 Å². The lowest BCUT2D eigenvalue weighted by Crippen LogP contribution is -2.36. The summed E-state index contributed by atoms with van der Waals surface area (Å²) >= 11 is 0. The Morgan fingerprint density at radius 3 is 2.56 bits per heavy atom. The van der Waals surface area contributed by atoms with E-state index in [4.69, 9.17) is 4.74 Å². The van der Waals surface area contributed by atoms with Crippen LogP contribution in [0.2, 0.25) is 0 Å². The highest BCUT2D eigenvalue weighted by atomic mass is 16.5. The first kappa shape index (κ1) is 15.0. The van der Waals surface area contributed by atoms with E-state index >= 15 is 0 Å². The molecule has 0 aliphatic heterocycles. The van der Waals surface area contributed by atoms with Crippen molar-refractivity contribution in [3.63, 3.8) is 0 Å². The number of rotatable bonds is 7. The molecular formula is C16H27NO. The summed E-state index contributed by atoms with van der Waals surface area (Å²) in [5.74, 6) is 0.989. The summed E-state index contributed by atoms with van der Waals surface area (Å²) in [6.45, 7) is 10.6. The van der Waals surface area contributed by atoms with Crippen LogP contribution in [0.3, 0.4) is 0 Å². The molecule has 0 amide bonds. The molecule has 0 aliphatic rings. The van der Waals surface area contributed by atoms with Crippen molar-refractivity contribution >= 4 is 0 Å². The van der Waals surface area contributed by atoms with E-state index in [9.17, 15) is 0 Å². The fraction of sp³-hybridized carbons (Fsp3) is 0.625. The standard InChI is InChI=1S/C16H27NO/c1-14-9-8-10-15(13-14)18-12-7-5-6-11-17-16(2,3)4/h8-10,13,17H,5-7,11-12H2,1-4H3. The molecule has 0 bridgehead atoms. The summed E-state index contributed by atoms with van der Waals surface area (Å²) in [6, 6.07) is 8.23. The lowest BCUT2D eigenvalue weighted by molar-refractivity contribution is 0.303. The molecule has 2 heteroatoms. The summed E-state index contributed by atoms with van der Waals surface area (Å²) < 4.78 is 5.71. The molecule has 1 rings (SSSR count). The summed E-state index contributed by atoms with van der Waals surface area (Å²) in [5.41, 5.74) is 1.49. The lowest BCUT2D eigenvalue weighted by atomic mass is 10.1. The van der Waals surface area contributed by atoms with Crippen molar-refractivity contribution in [1.82, 2.24) is 5.32 Å². The Balaban J connectivity index is 2.02. The predicted molar refractivity (Wildman–Crippen MR) is 78.3 cm³/mol. The van der Waals surface area contributed by atoms with Gasteiger partial charge < -0.3 is 10.1 Å². The number of unbranched alkanes of at least 4 members (excludes halogenated alkanes) is 2. The number of hydrogen-bond acceptors (Lipinski definition) is 2. The van der Waals surface area contributed by atoms with Crippen molar-refractivity contribution in [3.05, 3.63) is 29.8 Å². The molecule has 0 saturated carbocycles. The van der Waals surface area contributed by atoms with E-state index in [0.717, 1.165) is 25.3 Å². The lowest BCUT2D eigenvalue weighted by Gasteiger charge is -2.20. The van der Waals surface area contributed by atoms with Crippen LogP contribution in [0.5, 0.6) is 5.75 Å². The molecule has 2 nitrogen and oxygen atoms in total. The normalized spacial score (nSPS) is 11.6. The topological polar surface area (TPSA) is 21.3 Å². The van der Waals surface area contributed by atoms with Gasteiger partial charge in [0.2, 0.25) is 0 Å². The van der Waals surface area contributed by atoms with E-state index < -0.39 is 0 Å². The molecule has 0 aliphatic carbocycles. The second kappa shape index (κ2) is 7.42. The molecule has 0 radical (unpaired) electrons. The first-order chi connectivity index (χ1) is 8.47. The van der Waals surface area contributed by atoms with Crippen LogP contribution in [0.1, 0.15) is 45.6 Å². The number of benzene rings is 1. The van der Waals surface area contributed by atoms with E-state index in [2.05, 4.69) is 45.1 Å². The average Bonchev–Trinajstić information content (AvgIpc) is 2.26. The largest absolute Gasteiger partial charge is 0.494 e. The fourth-order valence-electron chi connectivity index (χ4n) is 1.76. The Morgan fingerprint density at radius 2 is 1.89 bits per heavy atom. The monoisotopic (exact) mass is 249 g/mol. The highest BCUT2D eigenvalue weighted by Gasteiger charge is 2.06. The fourth-order valence-corrected chi connectivity index (χ4v) is 1.76. The summed E-state index contributed by atoms with van der Waals surface area (Å²) in [5, 5.41) is 3.50. The Morgan fingerprint density at radius 1 is 1.11 bits per heavy atom. The molecule has 0 heterocycles. The van der Waals surface area contributed by atoms with Gasteiger partial charge in [-0.15, -0.1) is 0 Å². The van der Waals surface area contributed by atoms with Crippen molar-refractivity contribution in [2.45, 2.75) is 52.5 Å². The van der Waals surface area contributed by atoms with E-state index in [1.54, 1.807) is 0 Å². The Kier molecular flexibility index (Phi) is 6.20. The highest BCUT2D eigenvalue weighted by molar-refractivity contribution is 5.27. The molecule has 0 saturated heterocycles. The van der Waals surface area contributed by atoms with Crippen LogP contribution in [-0.4, -0.2) is 18.7 Å². The zero-order valence-corrected chi connectivity index (χ0v) is 12.3. The van der Waals surface area contributed by atoms with Crippen LogP contribution in [0.15, 0.2) is 24.3 Å². The van der Waals surface area contributed by atoms with Gasteiger partial charge in [-0.2, -0.15) is 0 Å². The third-order valence-electron chi connectivity index (χ3n) is 2.73. The van der Waals surface area contributed by atoms with Crippen LogP contribution in [-0.2, 0) is 0 Å². The smallest absolute Gasteiger partial charge is 0.119 e. The summed E-state index contributed by atoms with van der Waals surface area (Å²) in [6.07, 6.45) is 3.56. The van der Waals surface area contributed by atoms with Crippen LogP contribution in [0.4, 0.5) is 0 Å². The van der Waals surface area contributed by atoms with Crippen LogP contribution in [0.25, 0.3) is 0 Å². The van der Waals surface area contributed by atoms with Gasteiger partial charge in [-0.1, -0.05) is 12.1 Å². The Bertz CT molecular complexity index is 341. The molecule has 1 N–H and O–H groups in total. The van der Waals surface area contributed by atoms with Gasteiger partial charge in [0.25, 0.3) is 0 Å². The summed E-state index contributed by atoms with van der Waals surface area (Å²) in [7, 11) is 0. The predicted octanol–water partition coefficient (Wildman–Crippen LogP) is 3.93. The average molecular weight is 249 g/mol. The maximum absolute atomic E-state index is 5.71.